The van der Waals surface area contributed by atoms with Gasteiger partial charge in [0.15, 0.2) is 0 Å². The molecule has 1 amide bonds. The van der Waals surface area contributed by atoms with E-state index in [0.717, 1.165) is 17.0 Å². The summed E-state index contributed by atoms with van der Waals surface area (Å²) in [5, 5.41) is 18.1. The van der Waals surface area contributed by atoms with E-state index >= 15 is 0 Å². The number of aromatic nitrogens is 2. The van der Waals surface area contributed by atoms with Crippen molar-refractivity contribution in [1.29, 1.82) is 0 Å². The fourth-order valence-corrected chi connectivity index (χ4v) is 2.79. The molecule has 2 aromatic carbocycles. The molecular weight excluding hydrogens is 340 g/mol. The van der Waals surface area contributed by atoms with Crippen molar-refractivity contribution in [2.45, 2.75) is 27.3 Å². The molecule has 0 atom stereocenters. The van der Waals surface area contributed by atoms with E-state index in [9.17, 15) is 9.90 Å². The molecule has 2 N–H and O–H groups in total. The van der Waals surface area contributed by atoms with E-state index in [2.05, 4.69) is 46.8 Å². The number of amides is 1. The monoisotopic (exact) mass is 362 g/mol. The van der Waals surface area contributed by atoms with Crippen LogP contribution >= 0.6 is 0 Å². The Morgan fingerprint density at radius 2 is 1.93 bits per heavy atom. The summed E-state index contributed by atoms with van der Waals surface area (Å²) in [4.78, 5) is 12.1. The Labute approximate surface area is 158 Å². The second-order valence-electron chi connectivity index (χ2n) is 6.48. The molecule has 6 heteroatoms. The number of aryl methyl sites for hydroxylation is 2. The highest BCUT2D eigenvalue weighted by Gasteiger charge is 2.11. The number of nitrogens with one attached hydrogen (secondary N) is 1. The van der Waals surface area contributed by atoms with Crippen LogP contribution in [0.3, 0.4) is 0 Å². The maximum atomic E-state index is 12.1. The van der Waals surface area contributed by atoms with Crippen LogP contribution in [-0.4, -0.2) is 27.0 Å². The number of hydrogen-bond donors (Lipinski definition) is 2. The maximum Gasteiger partial charge on any atom is 0.271 e. The molecule has 0 radical (unpaired) electrons. The Morgan fingerprint density at radius 1 is 1.19 bits per heavy atom. The van der Waals surface area contributed by atoms with Gasteiger partial charge in [-0.25, -0.2) is 5.43 Å². The maximum absolute atomic E-state index is 12.1. The standard InChI is InChI=1S/C21H22N4O2/c1-14-7-9-17(10-8-14)13-25-16(3)20(15(2)24-25)12-22-23-21(27)18-5-4-6-19(26)11-18/h4-12,26H,13H2,1-3H3,(H,23,27)/b22-12-. The molecule has 0 aliphatic carbocycles. The van der Waals surface area contributed by atoms with E-state index in [4.69, 9.17) is 0 Å². The van der Waals surface area contributed by atoms with E-state index in [-0.39, 0.29) is 11.7 Å². The molecular formula is C21H22N4O2. The number of aromatic hydroxyl groups is 1. The molecule has 0 bridgehead atoms. The number of benzene rings is 2. The van der Waals surface area contributed by atoms with Crippen molar-refractivity contribution in [2.24, 2.45) is 5.10 Å². The number of phenolic OH excluding ortho intramolecular Hbond substituents is 1. The first-order valence-corrected chi connectivity index (χ1v) is 8.66. The Morgan fingerprint density at radius 3 is 2.63 bits per heavy atom. The van der Waals surface area contributed by atoms with Gasteiger partial charge < -0.3 is 5.11 Å². The summed E-state index contributed by atoms with van der Waals surface area (Å²) in [5.74, 6) is -0.347. The minimum Gasteiger partial charge on any atom is -0.508 e. The molecule has 0 saturated heterocycles. The van der Waals surface area contributed by atoms with Crippen LogP contribution in [0.25, 0.3) is 0 Å². The molecule has 138 valence electrons. The quantitative estimate of drug-likeness (QED) is 0.540. The summed E-state index contributed by atoms with van der Waals surface area (Å²) in [6.07, 6.45) is 1.60. The second kappa shape index (κ2) is 7.86. The zero-order chi connectivity index (χ0) is 19.4. The predicted molar refractivity (Wildman–Crippen MR) is 105 cm³/mol. The Balaban J connectivity index is 1.71. The summed E-state index contributed by atoms with van der Waals surface area (Å²) in [6.45, 7) is 6.63. The molecule has 0 aliphatic heterocycles. The van der Waals surface area contributed by atoms with E-state index in [1.54, 1.807) is 18.3 Å². The highest BCUT2D eigenvalue weighted by atomic mass is 16.3. The summed E-state index contributed by atoms with van der Waals surface area (Å²) in [7, 11) is 0. The molecule has 0 aliphatic rings. The van der Waals surface area contributed by atoms with Gasteiger partial charge in [0.2, 0.25) is 0 Å². The van der Waals surface area contributed by atoms with Gasteiger partial charge in [0.25, 0.3) is 5.91 Å². The SMILES string of the molecule is Cc1ccc(Cn2nc(C)c(/C=N\NC(=O)c3cccc(O)c3)c2C)cc1. The van der Waals surface area contributed by atoms with Crippen LogP contribution in [0, 0.1) is 20.8 Å². The first kappa shape index (κ1) is 18.4. The van der Waals surface area contributed by atoms with Crippen LogP contribution in [0.4, 0.5) is 0 Å². The smallest absolute Gasteiger partial charge is 0.271 e. The van der Waals surface area contributed by atoms with Crippen molar-refractivity contribution in [2.75, 3.05) is 0 Å². The Kier molecular flexibility index (Phi) is 5.35. The van der Waals surface area contributed by atoms with Crippen LogP contribution in [0.2, 0.25) is 0 Å². The van der Waals surface area contributed by atoms with Gasteiger partial charge in [-0.3, -0.25) is 9.48 Å². The predicted octanol–water partition coefficient (Wildman–Crippen LogP) is 3.33. The number of carbonyl (C=O) groups is 1. The molecule has 0 unspecified atom stereocenters. The highest BCUT2D eigenvalue weighted by molar-refractivity contribution is 5.95. The average molecular weight is 362 g/mol. The van der Waals surface area contributed by atoms with Crippen molar-refractivity contribution in [3.63, 3.8) is 0 Å². The molecule has 0 fully saturated rings. The van der Waals surface area contributed by atoms with Gasteiger partial charge in [-0.1, -0.05) is 35.9 Å². The molecule has 27 heavy (non-hydrogen) atoms. The number of hydrogen-bond acceptors (Lipinski definition) is 4. The summed E-state index contributed by atoms with van der Waals surface area (Å²) in [6, 6.07) is 14.5. The number of hydrazone groups is 1. The topological polar surface area (TPSA) is 79.5 Å². The normalized spacial score (nSPS) is 11.1. The third-order valence-electron chi connectivity index (χ3n) is 4.36. The molecule has 6 nitrogen and oxygen atoms in total. The van der Waals surface area contributed by atoms with E-state index in [1.807, 2.05) is 18.5 Å². The van der Waals surface area contributed by atoms with Crippen LogP contribution in [0.15, 0.2) is 53.6 Å². The van der Waals surface area contributed by atoms with Crippen LogP contribution in [0.1, 0.15) is 38.4 Å². The summed E-state index contributed by atoms with van der Waals surface area (Å²) < 4.78 is 1.93. The zero-order valence-corrected chi connectivity index (χ0v) is 15.6. The first-order valence-electron chi connectivity index (χ1n) is 8.66. The van der Waals surface area contributed by atoms with Gasteiger partial charge in [-0.15, -0.1) is 0 Å². The van der Waals surface area contributed by atoms with Gasteiger partial charge in [0, 0.05) is 16.8 Å². The number of rotatable bonds is 5. The van der Waals surface area contributed by atoms with Crippen molar-refractivity contribution in [1.82, 2.24) is 15.2 Å². The van der Waals surface area contributed by atoms with Gasteiger partial charge in [-0.05, 0) is 44.5 Å². The third kappa shape index (κ3) is 4.41. The highest BCUT2D eigenvalue weighted by Crippen LogP contribution is 2.14. The number of phenols is 1. The minimum atomic E-state index is -0.385. The summed E-state index contributed by atoms with van der Waals surface area (Å²) in [5.41, 5.74) is 7.91. The molecule has 0 saturated carbocycles. The second-order valence-corrected chi connectivity index (χ2v) is 6.48. The van der Waals surface area contributed by atoms with Gasteiger partial charge in [0.1, 0.15) is 5.75 Å². The molecule has 3 rings (SSSR count). The molecule has 3 aromatic rings. The lowest BCUT2D eigenvalue weighted by Gasteiger charge is -2.05. The van der Waals surface area contributed by atoms with Crippen molar-refractivity contribution in [3.05, 3.63) is 82.2 Å². The Bertz CT molecular complexity index is 988. The first-order chi connectivity index (χ1) is 12.9. The van der Waals surface area contributed by atoms with Crippen LogP contribution in [0.5, 0.6) is 5.75 Å². The van der Waals surface area contributed by atoms with Crippen molar-refractivity contribution < 1.29 is 9.90 Å². The van der Waals surface area contributed by atoms with Crippen LogP contribution < -0.4 is 5.43 Å². The van der Waals surface area contributed by atoms with Gasteiger partial charge in [-0.2, -0.15) is 10.2 Å². The Hall–Kier alpha value is -3.41. The number of carbonyl (C=O) groups excluding carboxylic acids is 1. The average Bonchev–Trinajstić information content (AvgIpc) is 2.91. The lowest BCUT2D eigenvalue weighted by Crippen LogP contribution is -2.17. The fourth-order valence-electron chi connectivity index (χ4n) is 2.79. The molecule has 1 heterocycles. The zero-order valence-electron chi connectivity index (χ0n) is 15.6. The van der Waals surface area contributed by atoms with E-state index < -0.39 is 0 Å². The summed E-state index contributed by atoms with van der Waals surface area (Å²) >= 11 is 0. The van der Waals surface area contributed by atoms with Crippen LogP contribution in [-0.2, 0) is 6.54 Å². The van der Waals surface area contributed by atoms with Gasteiger partial charge in [0.05, 0.1) is 18.5 Å². The minimum absolute atomic E-state index is 0.0377. The fraction of sp³-hybridized carbons (Fsp3) is 0.190. The van der Waals surface area contributed by atoms with E-state index in [0.29, 0.717) is 12.1 Å². The van der Waals surface area contributed by atoms with Crippen molar-refractivity contribution in [3.8, 4) is 5.75 Å². The van der Waals surface area contributed by atoms with Crippen molar-refractivity contribution >= 4 is 12.1 Å². The largest absolute Gasteiger partial charge is 0.508 e. The van der Waals surface area contributed by atoms with Gasteiger partial charge >= 0.3 is 0 Å². The number of nitrogens with zero attached hydrogens (tertiary/aromatic N) is 3. The lowest BCUT2D eigenvalue weighted by atomic mass is 10.1. The molecule has 0 spiro atoms. The lowest BCUT2D eigenvalue weighted by molar-refractivity contribution is 0.0954. The van der Waals surface area contributed by atoms with E-state index in [1.165, 1.54) is 23.3 Å². The molecule has 1 aromatic heterocycles. The third-order valence-corrected chi connectivity index (χ3v) is 4.36.